The molecule has 0 aliphatic heterocycles. The van der Waals surface area contributed by atoms with Gasteiger partial charge in [-0.15, -0.1) is 6.58 Å². The Morgan fingerprint density at radius 1 is 1.24 bits per heavy atom. The van der Waals surface area contributed by atoms with Crippen LogP contribution in [0.4, 0.5) is 0 Å². The molecule has 2 N–H and O–H groups in total. The second-order valence-electron chi connectivity index (χ2n) is 5.79. The molecule has 0 aromatic heterocycles. The van der Waals surface area contributed by atoms with Crippen LogP contribution in [0.5, 0.6) is 0 Å². The average Bonchev–Trinajstić information content (AvgIpc) is 2.56. The summed E-state index contributed by atoms with van der Waals surface area (Å²) in [6.07, 6.45) is 12.6. The van der Waals surface area contributed by atoms with E-state index < -0.39 is 0 Å². The predicted octanol–water partition coefficient (Wildman–Crippen LogP) is 3.18. The molecule has 0 bridgehead atoms. The van der Waals surface area contributed by atoms with E-state index in [0.717, 1.165) is 13.0 Å². The molecule has 0 amide bonds. The number of nitrogens with two attached hydrogens (primary N) is 1. The van der Waals surface area contributed by atoms with Crippen LogP contribution < -0.4 is 5.73 Å². The first-order valence-electron chi connectivity index (χ1n) is 7.22. The lowest BCUT2D eigenvalue weighted by atomic mass is 9.80. The van der Waals surface area contributed by atoms with E-state index in [-0.39, 0.29) is 0 Å². The van der Waals surface area contributed by atoms with Gasteiger partial charge >= 0.3 is 0 Å². The Kier molecular flexibility index (Phi) is 6.83. The maximum atomic E-state index is 6.07. The summed E-state index contributed by atoms with van der Waals surface area (Å²) in [5.74, 6) is 0. The highest BCUT2D eigenvalue weighted by molar-refractivity contribution is 4.85. The molecule has 0 aromatic carbocycles. The molecule has 2 heteroatoms. The first-order valence-corrected chi connectivity index (χ1v) is 7.22. The molecule has 1 fully saturated rings. The average molecular weight is 238 g/mol. The Hall–Kier alpha value is -0.340. The van der Waals surface area contributed by atoms with Gasteiger partial charge in [-0.25, -0.2) is 0 Å². The van der Waals surface area contributed by atoms with E-state index in [1.807, 2.05) is 6.08 Å². The lowest BCUT2D eigenvalue weighted by Crippen LogP contribution is -2.41. The molecular formula is C15H30N2. The third-order valence-electron chi connectivity index (χ3n) is 4.15. The molecule has 0 spiro atoms. The molecule has 1 aliphatic carbocycles. The van der Waals surface area contributed by atoms with Crippen molar-refractivity contribution in [1.29, 1.82) is 0 Å². The summed E-state index contributed by atoms with van der Waals surface area (Å²) < 4.78 is 0. The van der Waals surface area contributed by atoms with E-state index in [2.05, 4.69) is 18.5 Å². The van der Waals surface area contributed by atoms with E-state index in [1.54, 1.807) is 0 Å². The molecule has 1 aliphatic rings. The maximum Gasteiger partial charge on any atom is 0.00470 e. The van der Waals surface area contributed by atoms with Crippen LogP contribution in [-0.2, 0) is 0 Å². The van der Waals surface area contributed by atoms with Crippen molar-refractivity contribution in [3.05, 3.63) is 12.7 Å². The first kappa shape index (κ1) is 14.7. The second-order valence-corrected chi connectivity index (χ2v) is 5.79. The molecule has 17 heavy (non-hydrogen) atoms. The van der Waals surface area contributed by atoms with Crippen molar-refractivity contribution in [2.24, 2.45) is 11.1 Å². The van der Waals surface area contributed by atoms with Crippen LogP contribution in [0.15, 0.2) is 12.7 Å². The monoisotopic (exact) mass is 238 g/mol. The topological polar surface area (TPSA) is 29.3 Å². The van der Waals surface area contributed by atoms with Crippen LogP contribution in [0.1, 0.15) is 51.4 Å². The Labute approximate surface area is 107 Å². The zero-order valence-electron chi connectivity index (χ0n) is 11.6. The largest absolute Gasteiger partial charge is 0.330 e. The normalized spacial score (nSPS) is 20.2. The third-order valence-corrected chi connectivity index (χ3v) is 4.15. The quantitative estimate of drug-likeness (QED) is 0.419. The van der Waals surface area contributed by atoms with Gasteiger partial charge in [0, 0.05) is 6.54 Å². The van der Waals surface area contributed by atoms with Crippen molar-refractivity contribution >= 4 is 0 Å². The highest BCUT2D eigenvalue weighted by Crippen LogP contribution is 2.34. The zero-order valence-corrected chi connectivity index (χ0v) is 11.6. The molecule has 0 radical (unpaired) electrons. The van der Waals surface area contributed by atoms with Crippen molar-refractivity contribution in [2.75, 3.05) is 26.7 Å². The summed E-state index contributed by atoms with van der Waals surface area (Å²) in [5.41, 5.74) is 6.47. The molecule has 1 saturated carbocycles. The standard InChI is InChI=1S/C15H30N2/c1-3-4-9-12-17(2)14-15(13-16)10-7-5-6-8-11-15/h3H,1,4-14,16H2,2H3. The fraction of sp³-hybridized carbons (Fsp3) is 0.867. The predicted molar refractivity (Wildman–Crippen MR) is 76.1 cm³/mol. The molecule has 1 rings (SSSR count). The summed E-state index contributed by atoms with van der Waals surface area (Å²) in [7, 11) is 2.24. The van der Waals surface area contributed by atoms with Gasteiger partial charge in [-0.3, -0.25) is 0 Å². The fourth-order valence-corrected chi connectivity index (χ4v) is 3.06. The number of hydrogen-bond acceptors (Lipinski definition) is 2. The van der Waals surface area contributed by atoms with Crippen LogP contribution in [0.3, 0.4) is 0 Å². The van der Waals surface area contributed by atoms with Gasteiger partial charge in [-0.1, -0.05) is 31.8 Å². The summed E-state index contributed by atoms with van der Waals surface area (Å²) in [5, 5.41) is 0. The van der Waals surface area contributed by atoms with E-state index in [9.17, 15) is 0 Å². The summed E-state index contributed by atoms with van der Waals surface area (Å²) in [6.45, 7) is 6.99. The number of nitrogens with zero attached hydrogens (tertiary/aromatic N) is 1. The molecule has 0 atom stereocenters. The van der Waals surface area contributed by atoms with E-state index in [0.29, 0.717) is 5.41 Å². The minimum absolute atomic E-state index is 0.402. The first-order chi connectivity index (χ1) is 8.22. The van der Waals surface area contributed by atoms with E-state index >= 15 is 0 Å². The van der Waals surface area contributed by atoms with Crippen LogP contribution in [0.25, 0.3) is 0 Å². The number of rotatable bonds is 7. The van der Waals surface area contributed by atoms with Crippen LogP contribution in [0, 0.1) is 5.41 Å². The van der Waals surface area contributed by atoms with Gasteiger partial charge in [0.2, 0.25) is 0 Å². The highest BCUT2D eigenvalue weighted by Gasteiger charge is 2.30. The summed E-state index contributed by atoms with van der Waals surface area (Å²) in [4.78, 5) is 2.47. The molecule has 0 aromatic rings. The lowest BCUT2D eigenvalue weighted by Gasteiger charge is -2.35. The van der Waals surface area contributed by atoms with Gasteiger partial charge in [0.05, 0.1) is 0 Å². The minimum Gasteiger partial charge on any atom is -0.330 e. The van der Waals surface area contributed by atoms with Gasteiger partial charge in [-0.2, -0.15) is 0 Å². The van der Waals surface area contributed by atoms with E-state index in [1.165, 1.54) is 58.0 Å². The summed E-state index contributed by atoms with van der Waals surface area (Å²) >= 11 is 0. The van der Waals surface area contributed by atoms with Gasteiger partial charge < -0.3 is 10.6 Å². The smallest absolute Gasteiger partial charge is 0.00470 e. The highest BCUT2D eigenvalue weighted by atomic mass is 15.1. The Morgan fingerprint density at radius 2 is 1.88 bits per heavy atom. The Bertz CT molecular complexity index is 205. The zero-order chi connectivity index (χ0) is 12.6. The van der Waals surface area contributed by atoms with Gasteiger partial charge in [0.15, 0.2) is 0 Å². The molecule has 2 nitrogen and oxygen atoms in total. The Balaban J connectivity index is 2.40. The minimum atomic E-state index is 0.402. The SMILES string of the molecule is C=CCCCN(C)CC1(CN)CCCCCC1. The number of hydrogen-bond donors (Lipinski definition) is 1. The third kappa shape index (κ3) is 5.22. The van der Waals surface area contributed by atoms with Crippen LogP contribution in [-0.4, -0.2) is 31.6 Å². The second kappa shape index (κ2) is 7.88. The number of allylic oxidation sites excluding steroid dienone is 1. The van der Waals surface area contributed by atoms with E-state index in [4.69, 9.17) is 5.73 Å². The molecule has 0 saturated heterocycles. The molecule has 100 valence electrons. The maximum absolute atomic E-state index is 6.07. The fourth-order valence-electron chi connectivity index (χ4n) is 3.06. The Morgan fingerprint density at radius 3 is 2.41 bits per heavy atom. The number of unbranched alkanes of at least 4 members (excludes halogenated alkanes) is 1. The summed E-state index contributed by atoms with van der Waals surface area (Å²) in [6, 6.07) is 0. The molecule has 0 unspecified atom stereocenters. The van der Waals surface area contributed by atoms with Gasteiger partial charge in [0.1, 0.15) is 0 Å². The van der Waals surface area contributed by atoms with Crippen molar-refractivity contribution in [3.8, 4) is 0 Å². The van der Waals surface area contributed by atoms with Crippen molar-refractivity contribution in [1.82, 2.24) is 4.90 Å². The van der Waals surface area contributed by atoms with Gasteiger partial charge in [-0.05, 0) is 51.2 Å². The molecular weight excluding hydrogens is 208 g/mol. The van der Waals surface area contributed by atoms with Crippen molar-refractivity contribution in [3.63, 3.8) is 0 Å². The van der Waals surface area contributed by atoms with Gasteiger partial charge in [0.25, 0.3) is 0 Å². The van der Waals surface area contributed by atoms with Crippen LogP contribution in [0.2, 0.25) is 0 Å². The lowest BCUT2D eigenvalue weighted by molar-refractivity contribution is 0.157. The molecule has 0 heterocycles. The van der Waals surface area contributed by atoms with Crippen molar-refractivity contribution in [2.45, 2.75) is 51.4 Å². The van der Waals surface area contributed by atoms with Crippen LogP contribution >= 0.6 is 0 Å². The van der Waals surface area contributed by atoms with Crippen molar-refractivity contribution < 1.29 is 0 Å².